The van der Waals surface area contributed by atoms with Gasteiger partial charge in [0.15, 0.2) is 5.65 Å². The summed E-state index contributed by atoms with van der Waals surface area (Å²) in [5.74, 6) is 1.20. The van der Waals surface area contributed by atoms with E-state index in [1.165, 1.54) is 36.7 Å². The molecule has 0 unspecified atom stereocenters. The topological polar surface area (TPSA) is 37.9 Å². The van der Waals surface area contributed by atoms with Crippen molar-refractivity contribution in [3.05, 3.63) is 47.8 Å². The van der Waals surface area contributed by atoms with Crippen LogP contribution in [0.3, 0.4) is 0 Å². The van der Waals surface area contributed by atoms with Crippen LogP contribution < -0.4 is 9.80 Å². The van der Waals surface area contributed by atoms with Gasteiger partial charge in [0.05, 0.1) is 38.4 Å². The van der Waals surface area contributed by atoms with Crippen LogP contribution >= 0.6 is 0 Å². The molecule has 2 aromatic heterocycles. The third-order valence-corrected chi connectivity index (χ3v) is 5.66. The van der Waals surface area contributed by atoms with Crippen molar-refractivity contribution < 1.29 is 4.90 Å². The molecule has 1 aliphatic rings. The lowest BCUT2D eigenvalue weighted by Gasteiger charge is -2.33. The van der Waals surface area contributed by atoms with Crippen molar-refractivity contribution in [2.75, 3.05) is 37.6 Å². The lowest BCUT2D eigenvalue weighted by atomic mass is 10.1. The first-order valence-corrected chi connectivity index (χ1v) is 10.2. The van der Waals surface area contributed by atoms with Crippen LogP contribution in [0.4, 0.5) is 5.82 Å². The van der Waals surface area contributed by atoms with Crippen LogP contribution in [0.15, 0.2) is 36.4 Å². The number of nitrogens with one attached hydrogen (secondary N) is 1. The second kappa shape index (κ2) is 7.69. The Morgan fingerprint density at radius 2 is 1.81 bits per heavy atom. The van der Waals surface area contributed by atoms with Crippen molar-refractivity contribution >= 4 is 11.5 Å². The number of likely N-dealkylation sites (N-methyl/N-ethyl adjacent to an activating group) is 1. The number of fused-ring (bicyclic) bond motifs is 1. The van der Waals surface area contributed by atoms with Gasteiger partial charge >= 0.3 is 0 Å². The van der Waals surface area contributed by atoms with Crippen LogP contribution in [-0.2, 0) is 6.42 Å². The van der Waals surface area contributed by atoms with Crippen LogP contribution in [0.2, 0.25) is 0 Å². The minimum Gasteiger partial charge on any atom is -0.345 e. The van der Waals surface area contributed by atoms with E-state index in [0.29, 0.717) is 0 Å². The van der Waals surface area contributed by atoms with Crippen molar-refractivity contribution in [3.63, 3.8) is 0 Å². The zero-order chi connectivity index (χ0) is 18.8. The van der Waals surface area contributed by atoms with Gasteiger partial charge in [0.2, 0.25) is 0 Å². The maximum atomic E-state index is 5.02. The Hall–Kier alpha value is -2.40. The highest BCUT2D eigenvalue weighted by Crippen LogP contribution is 2.30. The number of benzene rings is 1. The van der Waals surface area contributed by atoms with Gasteiger partial charge in [-0.15, -0.1) is 0 Å². The third-order valence-electron chi connectivity index (χ3n) is 5.66. The second-order valence-electron chi connectivity index (χ2n) is 7.51. The Morgan fingerprint density at radius 3 is 2.48 bits per heavy atom. The molecule has 4 rings (SSSR count). The number of hydrogen-bond acceptors (Lipinski definition) is 3. The molecule has 0 atom stereocenters. The highest BCUT2D eigenvalue weighted by Gasteiger charge is 2.24. The van der Waals surface area contributed by atoms with Gasteiger partial charge in [-0.05, 0) is 25.8 Å². The Morgan fingerprint density at radius 1 is 1.07 bits per heavy atom. The summed E-state index contributed by atoms with van der Waals surface area (Å²) in [5.41, 5.74) is 5.55. The van der Waals surface area contributed by atoms with Gasteiger partial charge in [0.25, 0.3) is 0 Å². The summed E-state index contributed by atoms with van der Waals surface area (Å²) in [6, 6.07) is 12.8. The molecule has 0 spiro atoms. The summed E-state index contributed by atoms with van der Waals surface area (Å²) in [6.45, 7) is 12.3. The van der Waals surface area contributed by atoms with Crippen molar-refractivity contribution in [2.24, 2.45) is 0 Å². The van der Waals surface area contributed by atoms with Gasteiger partial charge in [0, 0.05) is 17.3 Å². The van der Waals surface area contributed by atoms with Gasteiger partial charge in [0.1, 0.15) is 5.82 Å². The van der Waals surface area contributed by atoms with E-state index in [4.69, 9.17) is 10.1 Å². The van der Waals surface area contributed by atoms with Gasteiger partial charge in [-0.3, -0.25) is 0 Å². The largest absolute Gasteiger partial charge is 0.345 e. The molecule has 3 heterocycles. The van der Waals surface area contributed by atoms with E-state index in [-0.39, 0.29) is 0 Å². The number of hydrogen-bond donors (Lipinski definition) is 1. The monoisotopic (exact) mass is 364 g/mol. The van der Waals surface area contributed by atoms with Crippen LogP contribution in [0.5, 0.6) is 0 Å². The van der Waals surface area contributed by atoms with E-state index in [1.807, 2.05) is 0 Å². The first-order valence-electron chi connectivity index (χ1n) is 10.2. The molecule has 1 aromatic carbocycles. The van der Waals surface area contributed by atoms with E-state index in [2.05, 4.69) is 66.6 Å². The SMILES string of the molecule is CCCc1cc(N2CC[NH+](CC)CC2)n2nc(C)c(-c3ccccc3)c2n1. The molecule has 0 saturated carbocycles. The average Bonchev–Trinajstić information content (AvgIpc) is 3.04. The molecule has 1 saturated heterocycles. The van der Waals surface area contributed by atoms with Crippen molar-refractivity contribution in [1.82, 2.24) is 14.6 Å². The molecule has 0 radical (unpaired) electrons. The first kappa shape index (κ1) is 18.0. The number of aromatic nitrogens is 3. The maximum Gasteiger partial charge on any atom is 0.165 e. The molecule has 1 aliphatic heterocycles. The van der Waals surface area contributed by atoms with Gasteiger partial charge < -0.3 is 9.80 Å². The minimum atomic E-state index is 0.991. The van der Waals surface area contributed by atoms with E-state index in [0.717, 1.165) is 42.8 Å². The summed E-state index contributed by atoms with van der Waals surface area (Å²) >= 11 is 0. The summed E-state index contributed by atoms with van der Waals surface area (Å²) in [5, 5.41) is 4.91. The molecular formula is C22H30N5+. The summed E-state index contributed by atoms with van der Waals surface area (Å²) in [4.78, 5) is 9.20. The van der Waals surface area contributed by atoms with Gasteiger partial charge in [-0.2, -0.15) is 9.61 Å². The summed E-state index contributed by atoms with van der Waals surface area (Å²) in [6.07, 6.45) is 2.10. The smallest absolute Gasteiger partial charge is 0.165 e. The summed E-state index contributed by atoms with van der Waals surface area (Å²) < 4.78 is 2.08. The quantitative estimate of drug-likeness (QED) is 0.755. The fourth-order valence-electron chi connectivity index (χ4n) is 4.11. The molecule has 27 heavy (non-hydrogen) atoms. The highest BCUT2D eigenvalue weighted by atomic mass is 15.4. The van der Waals surface area contributed by atoms with Crippen molar-refractivity contribution in [1.29, 1.82) is 0 Å². The number of quaternary nitrogens is 1. The van der Waals surface area contributed by atoms with E-state index in [1.54, 1.807) is 4.90 Å². The van der Waals surface area contributed by atoms with Crippen molar-refractivity contribution in [3.8, 4) is 11.1 Å². The van der Waals surface area contributed by atoms with Crippen LogP contribution in [0.1, 0.15) is 31.7 Å². The number of piperazine rings is 1. The van der Waals surface area contributed by atoms with Gasteiger partial charge in [-0.25, -0.2) is 4.98 Å². The molecule has 3 aromatic rings. The normalized spacial score (nSPS) is 15.6. The Balaban J connectivity index is 1.84. The van der Waals surface area contributed by atoms with E-state index >= 15 is 0 Å². The lowest BCUT2D eigenvalue weighted by molar-refractivity contribution is -0.898. The molecule has 5 heteroatoms. The number of anilines is 1. The third kappa shape index (κ3) is 3.44. The maximum absolute atomic E-state index is 5.02. The molecular weight excluding hydrogens is 334 g/mol. The molecule has 0 bridgehead atoms. The Kier molecular flexibility index (Phi) is 5.12. The highest BCUT2D eigenvalue weighted by molar-refractivity contribution is 5.81. The first-order chi connectivity index (χ1) is 13.2. The molecule has 142 valence electrons. The Bertz CT molecular complexity index is 907. The van der Waals surface area contributed by atoms with E-state index < -0.39 is 0 Å². The number of nitrogens with zero attached hydrogens (tertiary/aromatic N) is 4. The lowest BCUT2D eigenvalue weighted by Crippen LogP contribution is -3.14. The van der Waals surface area contributed by atoms with Crippen LogP contribution in [0.25, 0.3) is 16.8 Å². The van der Waals surface area contributed by atoms with E-state index in [9.17, 15) is 0 Å². The summed E-state index contributed by atoms with van der Waals surface area (Å²) in [7, 11) is 0. The van der Waals surface area contributed by atoms with Crippen molar-refractivity contribution in [2.45, 2.75) is 33.6 Å². The molecule has 0 amide bonds. The number of rotatable bonds is 5. The predicted molar refractivity (Wildman–Crippen MR) is 111 cm³/mol. The van der Waals surface area contributed by atoms with Crippen LogP contribution in [0, 0.1) is 6.92 Å². The molecule has 5 nitrogen and oxygen atoms in total. The fourth-order valence-corrected chi connectivity index (χ4v) is 4.11. The zero-order valence-corrected chi connectivity index (χ0v) is 16.7. The fraction of sp³-hybridized carbons (Fsp3) is 0.455. The molecule has 0 aliphatic carbocycles. The van der Waals surface area contributed by atoms with Crippen LogP contribution in [-0.4, -0.2) is 47.3 Å². The Labute approximate surface area is 161 Å². The standard InChI is InChI=1S/C22H29N5/c1-4-9-19-16-20(26-14-12-25(5-2)13-15-26)27-22(23-19)21(17(3)24-27)18-10-7-6-8-11-18/h6-8,10-11,16H,4-5,9,12-15H2,1-3H3/p+1. The molecule has 1 N–H and O–H groups in total. The zero-order valence-electron chi connectivity index (χ0n) is 16.7. The number of aryl methyl sites for hydroxylation is 2. The second-order valence-corrected chi connectivity index (χ2v) is 7.51. The molecule has 1 fully saturated rings. The average molecular weight is 365 g/mol. The predicted octanol–water partition coefficient (Wildman–Crippen LogP) is 2.38. The minimum absolute atomic E-state index is 0.991. The van der Waals surface area contributed by atoms with Gasteiger partial charge in [-0.1, -0.05) is 43.7 Å².